The lowest BCUT2D eigenvalue weighted by Gasteiger charge is -2.22. The lowest BCUT2D eigenvalue weighted by Crippen LogP contribution is -2.25. The molecule has 0 amide bonds. The van der Waals surface area contributed by atoms with Crippen molar-refractivity contribution < 1.29 is 9.16 Å². The first-order valence-corrected chi connectivity index (χ1v) is 9.71. The van der Waals surface area contributed by atoms with Crippen LogP contribution in [0.3, 0.4) is 0 Å². The molecule has 1 aliphatic rings. The monoisotopic (exact) mass is 278 g/mol. The van der Waals surface area contributed by atoms with Gasteiger partial charge in [-0.15, -0.1) is 0 Å². The van der Waals surface area contributed by atoms with E-state index in [1.54, 1.807) is 0 Å². The van der Waals surface area contributed by atoms with Crippen LogP contribution in [0.5, 0.6) is 5.75 Å². The van der Waals surface area contributed by atoms with Crippen LogP contribution >= 0.6 is 0 Å². The van der Waals surface area contributed by atoms with Gasteiger partial charge in [0.2, 0.25) is 0 Å². The van der Waals surface area contributed by atoms with Gasteiger partial charge in [0.1, 0.15) is 11.9 Å². The molecule has 0 saturated carbocycles. The highest BCUT2D eigenvalue weighted by Gasteiger charge is 2.11. The van der Waals surface area contributed by atoms with Crippen molar-refractivity contribution in [2.75, 3.05) is 0 Å². The van der Waals surface area contributed by atoms with Crippen LogP contribution in [0.1, 0.15) is 27.2 Å². The second-order valence-corrected chi connectivity index (χ2v) is 8.25. The summed E-state index contributed by atoms with van der Waals surface area (Å²) in [4.78, 5) is 0. The van der Waals surface area contributed by atoms with Gasteiger partial charge in [-0.25, -0.2) is 0 Å². The molecule has 0 radical (unpaired) electrons. The van der Waals surface area contributed by atoms with Crippen molar-refractivity contribution in [1.29, 1.82) is 0 Å². The highest BCUT2D eigenvalue weighted by Crippen LogP contribution is 2.17. The first kappa shape index (κ1) is 16.0. The van der Waals surface area contributed by atoms with Crippen LogP contribution < -0.4 is 4.74 Å². The van der Waals surface area contributed by atoms with Crippen molar-refractivity contribution in [2.24, 2.45) is 0 Å². The zero-order valence-corrected chi connectivity index (χ0v) is 13.9. The minimum atomic E-state index is -0.796. The van der Waals surface area contributed by atoms with Crippen molar-refractivity contribution >= 4 is 9.04 Å². The fourth-order valence-corrected chi connectivity index (χ4v) is 3.13. The van der Waals surface area contributed by atoms with Crippen molar-refractivity contribution in [2.45, 2.75) is 52.0 Å². The van der Waals surface area contributed by atoms with E-state index in [1.807, 2.05) is 30.3 Å². The summed E-state index contributed by atoms with van der Waals surface area (Å²) in [6.07, 6.45) is 5.56. The summed E-state index contributed by atoms with van der Waals surface area (Å²) in [7, 11) is -0.796. The Labute approximate surface area is 119 Å². The molecule has 1 aliphatic carbocycles. The average molecular weight is 278 g/mol. The van der Waals surface area contributed by atoms with Gasteiger partial charge in [0, 0.05) is 12.0 Å². The van der Waals surface area contributed by atoms with E-state index in [4.69, 9.17) is 9.16 Å². The Kier molecular flexibility index (Phi) is 6.32. The topological polar surface area (TPSA) is 18.5 Å². The molecule has 0 fully saturated rings. The molecule has 1 unspecified atom stereocenters. The van der Waals surface area contributed by atoms with Crippen LogP contribution in [0.2, 0.25) is 13.1 Å². The minimum Gasteiger partial charge on any atom is -0.486 e. The predicted molar refractivity (Wildman–Crippen MR) is 84.3 cm³/mol. The molecule has 0 aromatic heterocycles. The molecule has 0 heterocycles. The second kappa shape index (κ2) is 7.51. The third-order valence-corrected chi connectivity index (χ3v) is 3.52. The van der Waals surface area contributed by atoms with E-state index in [0.717, 1.165) is 12.2 Å². The number of rotatable bonds is 3. The van der Waals surface area contributed by atoms with Crippen molar-refractivity contribution in [1.82, 2.24) is 0 Å². The van der Waals surface area contributed by atoms with Gasteiger partial charge in [0.25, 0.3) is 0 Å². The molecule has 0 bridgehead atoms. The van der Waals surface area contributed by atoms with Gasteiger partial charge in [0.15, 0.2) is 9.04 Å². The molecular weight excluding hydrogens is 252 g/mol. The minimum absolute atomic E-state index is 0.0837. The molecule has 1 aromatic rings. The van der Waals surface area contributed by atoms with Crippen LogP contribution in [0, 0.1) is 0 Å². The Morgan fingerprint density at radius 2 is 1.68 bits per heavy atom. The van der Waals surface area contributed by atoms with Gasteiger partial charge in [-0.1, -0.05) is 24.3 Å². The average Bonchev–Trinajstić information content (AvgIpc) is 2.22. The summed E-state index contributed by atoms with van der Waals surface area (Å²) < 4.78 is 11.1. The Hall–Kier alpha value is -1.06. The molecular formula is C16H26O2Si. The fraction of sp³-hybridized carbons (Fsp3) is 0.500. The highest BCUT2D eigenvalue weighted by molar-refractivity contribution is 6.48. The van der Waals surface area contributed by atoms with Crippen molar-refractivity contribution in [3.8, 4) is 5.75 Å². The van der Waals surface area contributed by atoms with Gasteiger partial charge in [-0.2, -0.15) is 0 Å². The quantitative estimate of drug-likeness (QED) is 0.610. The molecule has 1 atom stereocenters. The number of hydrogen-bond acceptors (Lipinski definition) is 2. The maximum atomic E-state index is 5.58. The van der Waals surface area contributed by atoms with E-state index in [9.17, 15) is 0 Å². The van der Waals surface area contributed by atoms with E-state index in [-0.39, 0.29) is 5.60 Å². The smallest absolute Gasteiger partial charge is 0.171 e. The lowest BCUT2D eigenvalue weighted by atomic mass is 10.1. The Morgan fingerprint density at radius 1 is 1.11 bits per heavy atom. The summed E-state index contributed by atoms with van der Waals surface area (Å²) in [5.41, 5.74) is 0.0837. The van der Waals surface area contributed by atoms with Crippen LogP contribution in [0.15, 0.2) is 42.5 Å². The Morgan fingerprint density at radius 3 is 2.00 bits per heavy atom. The molecule has 2 nitrogen and oxygen atoms in total. The molecule has 3 heteroatoms. The third kappa shape index (κ3) is 7.85. The van der Waals surface area contributed by atoms with E-state index in [0.29, 0.717) is 6.10 Å². The highest BCUT2D eigenvalue weighted by atomic mass is 28.3. The molecule has 19 heavy (non-hydrogen) atoms. The molecule has 1 aromatic carbocycles. The Bertz CT molecular complexity index is 379. The van der Waals surface area contributed by atoms with Crippen molar-refractivity contribution in [3.05, 3.63) is 42.5 Å². The van der Waals surface area contributed by atoms with E-state index < -0.39 is 9.04 Å². The molecule has 0 aliphatic heterocycles. The summed E-state index contributed by atoms with van der Waals surface area (Å²) >= 11 is 0. The summed E-state index contributed by atoms with van der Waals surface area (Å²) in [6.45, 7) is 10.7. The lowest BCUT2D eigenvalue weighted by molar-refractivity contribution is 0.132. The zero-order valence-electron chi connectivity index (χ0n) is 12.7. The molecule has 0 saturated heterocycles. The predicted octanol–water partition coefficient (Wildman–Crippen LogP) is 4.18. The van der Waals surface area contributed by atoms with E-state index in [1.165, 1.54) is 0 Å². The normalized spacial score (nSPS) is 17.5. The van der Waals surface area contributed by atoms with Crippen LogP contribution in [-0.4, -0.2) is 20.7 Å². The number of para-hydroxylation sites is 1. The number of ether oxygens (including phenoxy) is 1. The molecule has 2 rings (SSSR count). The Balaban J connectivity index is 0.000000203. The number of benzene rings is 1. The van der Waals surface area contributed by atoms with Gasteiger partial charge in [0.05, 0.1) is 0 Å². The second-order valence-electron chi connectivity index (χ2n) is 5.91. The van der Waals surface area contributed by atoms with Gasteiger partial charge < -0.3 is 9.16 Å². The van der Waals surface area contributed by atoms with Crippen LogP contribution in [0.4, 0.5) is 0 Å². The molecule has 0 N–H and O–H groups in total. The van der Waals surface area contributed by atoms with E-state index >= 15 is 0 Å². The maximum absolute atomic E-state index is 5.58. The van der Waals surface area contributed by atoms with Crippen LogP contribution in [-0.2, 0) is 4.43 Å². The molecule has 106 valence electrons. The summed E-state index contributed by atoms with van der Waals surface area (Å²) in [6, 6.07) is 9.91. The largest absolute Gasteiger partial charge is 0.486 e. The maximum Gasteiger partial charge on any atom is 0.171 e. The van der Waals surface area contributed by atoms with Gasteiger partial charge >= 0.3 is 0 Å². The summed E-state index contributed by atoms with van der Waals surface area (Å²) in [5, 5.41) is 0. The van der Waals surface area contributed by atoms with Gasteiger partial charge in [-0.05, 0) is 52.1 Å². The zero-order chi connectivity index (χ0) is 14.3. The first-order valence-electron chi connectivity index (χ1n) is 6.93. The van der Waals surface area contributed by atoms with Crippen molar-refractivity contribution in [3.63, 3.8) is 0 Å². The van der Waals surface area contributed by atoms with Crippen LogP contribution in [0.25, 0.3) is 0 Å². The summed E-state index contributed by atoms with van der Waals surface area (Å²) in [5.74, 6) is 0.960. The third-order valence-electron chi connectivity index (χ3n) is 2.34. The standard InChI is InChI=1S/C10H10O.C6H16OSi/c1-2-5-9(6-3-1)11-10-7-4-8-10;1-6(2,3)7-8(4)5/h1-7,10H,8H2;8H,1-5H3. The van der Waals surface area contributed by atoms with E-state index in [2.05, 4.69) is 46.0 Å². The number of hydrogen-bond donors (Lipinski definition) is 0. The SMILES string of the molecule is C1=CC(Oc2ccccc2)C1.C[SiH](C)OC(C)(C)C. The van der Waals surface area contributed by atoms with Gasteiger partial charge in [-0.3, -0.25) is 0 Å². The first-order chi connectivity index (χ1) is 8.87. The molecule has 0 spiro atoms. The fourth-order valence-electron chi connectivity index (χ4n) is 1.72.